The van der Waals surface area contributed by atoms with E-state index >= 15 is 0 Å². The van der Waals surface area contributed by atoms with Gasteiger partial charge in [0.2, 0.25) is 0 Å². The minimum Gasteiger partial charge on any atom is -0.359 e. The fraction of sp³-hybridized carbons (Fsp3) is 0.459. The van der Waals surface area contributed by atoms with Crippen LogP contribution in [-0.2, 0) is 0 Å². The molecule has 2 heterocycles. The molecule has 0 saturated carbocycles. The van der Waals surface area contributed by atoms with Gasteiger partial charge in [-0.2, -0.15) is 0 Å². The highest BCUT2D eigenvalue weighted by Gasteiger charge is 2.29. The zero-order valence-electron chi connectivity index (χ0n) is 27.5. The van der Waals surface area contributed by atoms with Crippen molar-refractivity contribution in [1.29, 1.82) is 0 Å². The van der Waals surface area contributed by atoms with E-state index < -0.39 is 0 Å². The van der Waals surface area contributed by atoms with Crippen LogP contribution in [0.3, 0.4) is 0 Å². The van der Waals surface area contributed by atoms with Gasteiger partial charge in [0.25, 0.3) is 0 Å². The van der Waals surface area contributed by atoms with Crippen LogP contribution in [0.2, 0.25) is 0 Å². The summed E-state index contributed by atoms with van der Waals surface area (Å²) in [5, 5.41) is 0. The first-order valence-electron chi connectivity index (χ1n) is 15.4. The Balaban J connectivity index is 1.79. The van der Waals surface area contributed by atoms with Crippen LogP contribution in [0.25, 0.3) is 11.1 Å². The Labute approximate surface area is 249 Å². The summed E-state index contributed by atoms with van der Waals surface area (Å²) in [5.41, 5.74) is 17.5. The van der Waals surface area contributed by atoms with Crippen LogP contribution in [0.4, 0.5) is 22.7 Å². The largest absolute Gasteiger partial charge is 0.359 e. The lowest BCUT2D eigenvalue weighted by Crippen LogP contribution is -2.26. The van der Waals surface area contributed by atoms with Crippen LogP contribution in [0.5, 0.6) is 0 Å². The summed E-state index contributed by atoms with van der Waals surface area (Å²) in [6.45, 7) is 24.7. The molecule has 0 amide bonds. The number of nitrogens with zero attached hydrogens (tertiary/aromatic N) is 4. The van der Waals surface area contributed by atoms with E-state index in [1.54, 1.807) is 0 Å². The van der Waals surface area contributed by atoms with Crippen molar-refractivity contribution in [2.45, 2.75) is 87.0 Å². The summed E-state index contributed by atoms with van der Waals surface area (Å²) in [7, 11) is 4.40. The molecule has 218 valence electrons. The molecule has 4 nitrogen and oxygen atoms in total. The van der Waals surface area contributed by atoms with Gasteiger partial charge in [-0.25, -0.2) is 0 Å². The van der Waals surface area contributed by atoms with Gasteiger partial charge in [0.15, 0.2) is 0 Å². The Bertz CT molecular complexity index is 1480. The van der Waals surface area contributed by atoms with Crippen molar-refractivity contribution in [3.8, 4) is 11.1 Å². The highest BCUT2D eigenvalue weighted by atomic mass is 15.4. The minimum absolute atomic E-state index is 0.430. The summed E-state index contributed by atoms with van der Waals surface area (Å²) in [5.74, 6) is 1.36. The van der Waals surface area contributed by atoms with E-state index in [1.807, 2.05) is 0 Å². The zero-order chi connectivity index (χ0) is 29.9. The Morgan fingerprint density at radius 2 is 1.05 bits per heavy atom. The van der Waals surface area contributed by atoms with Crippen LogP contribution in [0, 0.1) is 13.8 Å². The van der Waals surface area contributed by atoms with Gasteiger partial charge < -0.3 is 19.6 Å². The maximum absolute atomic E-state index is 2.51. The normalized spacial score (nSPS) is 15.5. The second-order valence-electron chi connectivity index (χ2n) is 13.4. The first-order valence-corrected chi connectivity index (χ1v) is 15.4. The number of fused-ring (bicyclic) bond motifs is 1. The van der Waals surface area contributed by atoms with Gasteiger partial charge in [-0.1, -0.05) is 53.7 Å². The molecule has 0 radical (unpaired) electrons. The van der Waals surface area contributed by atoms with Crippen molar-refractivity contribution < 1.29 is 0 Å². The maximum Gasteiger partial charge on any atom is 0.0950 e. The molecule has 3 aromatic rings. The average Bonchev–Trinajstić information content (AvgIpc) is 3.37. The lowest BCUT2D eigenvalue weighted by molar-refractivity contribution is 0.460. The van der Waals surface area contributed by atoms with Crippen molar-refractivity contribution >= 4 is 22.7 Å². The fourth-order valence-corrected chi connectivity index (χ4v) is 6.40. The number of anilines is 4. The van der Waals surface area contributed by atoms with E-state index in [0.717, 1.165) is 13.3 Å². The Morgan fingerprint density at radius 1 is 0.537 bits per heavy atom. The standard InChI is InChI=1S/C37H50N4/c1-22(2)29-17-33(23(3)4)37(34(18-29)24(5)6)30-15-31(40-20-38(11)27(9)28(40)10)19-32(16-30)41-21-39(12)35-13-25(7)26(8)14-36(35)41/h13-19,22-24H,20-21H2,1-12H3. The highest BCUT2D eigenvalue weighted by molar-refractivity contribution is 5.88. The van der Waals surface area contributed by atoms with E-state index in [0.29, 0.717) is 17.8 Å². The molecule has 5 rings (SSSR count). The van der Waals surface area contributed by atoms with E-state index in [9.17, 15) is 0 Å². The van der Waals surface area contributed by atoms with Crippen LogP contribution >= 0.6 is 0 Å². The molecule has 0 aliphatic carbocycles. The molecule has 2 aliphatic rings. The van der Waals surface area contributed by atoms with Crippen LogP contribution in [0.1, 0.15) is 101 Å². The average molecular weight is 551 g/mol. The zero-order valence-corrected chi connectivity index (χ0v) is 27.5. The SMILES string of the molecule is CC1=C(C)N(c2cc(-c3c(C(C)C)cc(C(C)C)cc3C(C)C)cc(N3CN(C)c4cc(C)c(C)cc43)c2)CN1C. The molecular formula is C37H50N4. The lowest BCUT2D eigenvalue weighted by Gasteiger charge is -2.28. The molecule has 0 N–H and O–H groups in total. The summed E-state index contributed by atoms with van der Waals surface area (Å²) >= 11 is 0. The number of benzene rings is 3. The molecule has 41 heavy (non-hydrogen) atoms. The second-order valence-corrected chi connectivity index (χ2v) is 13.4. The first-order chi connectivity index (χ1) is 19.3. The Hall–Kier alpha value is -3.40. The predicted octanol–water partition coefficient (Wildman–Crippen LogP) is 9.85. The molecule has 3 aromatic carbocycles. The number of aryl methyl sites for hydroxylation is 2. The summed E-state index contributed by atoms with van der Waals surface area (Å²) in [6.07, 6.45) is 0. The van der Waals surface area contributed by atoms with Gasteiger partial charge in [0.1, 0.15) is 0 Å². The smallest absolute Gasteiger partial charge is 0.0950 e. The molecule has 0 bridgehead atoms. The van der Waals surface area contributed by atoms with Crippen molar-refractivity contribution in [1.82, 2.24) is 4.90 Å². The van der Waals surface area contributed by atoms with Gasteiger partial charge in [-0.3, -0.25) is 0 Å². The lowest BCUT2D eigenvalue weighted by atomic mass is 9.81. The van der Waals surface area contributed by atoms with Crippen LogP contribution in [0.15, 0.2) is 53.9 Å². The predicted molar refractivity (Wildman–Crippen MR) is 179 cm³/mol. The molecule has 0 saturated heterocycles. The topological polar surface area (TPSA) is 13.0 Å². The third-order valence-corrected chi connectivity index (χ3v) is 9.45. The van der Waals surface area contributed by atoms with Crippen LogP contribution < -0.4 is 14.7 Å². The van der Waals surface area contributed by atoms with Gasteiger partial charge in [-0.15, -0.1) is 0 Å². The summed E-state index contributed by atoms with van der Waals surface area (Å²) in [6, 6.07) is 17.0. The second kappa shape index (κ2) is 10.8. The molecule has 4 heteroatoms. The van der Waals surface area contributed by atoms with Crippen LogP contribution in [-0.4, -0.2) is 32.3 Å². The minimum atomic E-state index is 0.430. The quantitative estimate of drug-likeness (QED) is 0.303. The maximum atomic E-state index is 2.51. The third kappa shape index (κ3) is 5.11. The van der Waals surface area contributed by atoms with E-state index in [4.69, 9.17) is 0 Å². The summed E-state index contributed by atoms with van der Waals surface area (Å²) in [4.78, 5) is 9.72. The van der Waals surface area contributed by atoms with E-state index in [-0.39, 0.29) is 0 Å². The number of hydrogen-bond acceptors (Lipinski definition) is 4. The van der Waals surface area contributed by atoms with Crippen molar-refractivity contribution in [2.75, 3.05) is 42.1 Å². The molecule has 0 fully saturated rings. The number of allylic oxidation sites excluding steroid dienone is 2. The number of hydrogen-bond donors (Lipinski definition) is 0. The van der Waals surface area contributed by atoms with E-state index in [2.05, 4.69) is 145 Å². The molecular weight excluding hydrogens is 500 g/mol. The van der Waals surface area contributed by atoms with Gasteiger partial charge in [0.05, 0.1) is 24.7 Å². The molecule has 0 spiro atoms. The van der Waals surface area contributed by atoms with Gasteiger partial charge in [0, 0.05) is 36.9 Å². The van der Waals surface area contributed by atoms with Crippen molar-refractivity contribution in [3.05, 3.63) is 81.7 Å². The van der Waals surface area contributed by atoms with Crippen molar-refractivity contribution in [2.24, 2.45) is 0 Å². The Morgan fingerprint density at radius 3 is 1.54 bits per heavy atom. The van der Waals surface area contributed by atoms with Gasteiger partial charge >= 0.3 is 0 Å². The fourth-order valence-electron chi connectivity index (χ4n) is 6.40. The first kappa shape index (κ1) is 29.1. The molecule has 0 aromatic heterocycles. The molecule has 0 atom stereocenters. The molecule has 2 aliphatic heterocycles. The highest BCUT2D eigenvalue weighted by Crippen LogP contribution is 2.46. The Kier molecular flexibility index (Phi) is 7.65. The molecule has 0 unspecified atom stereocenters. The van der Waals surface area contributed by atoms with E-state index in [1.165, 1.54) is 73.1 Å². The number of rotatable bonds is 6. The summed E-state index contributed by atoms with van der Waals surface area (Å²) < 4.78 is 0. The van der Waals surface area contributed by atoms with Crippen molar-refractivity contribution in [3.63, 3.8) is 0 Å². The third-order valence-electron chi connectivity index (χ3n) is 9.45. The van der Waals surface area contributed by atoms with Gasteiger partial charge in [-0.05, 0) is 115 Å². The monoisotopic (exact) mass is 550 g/mol.